The largest absolute Gasteiger partial charge is 0.398 e. The first-order chi connectivity index (χ1) is 7.83. The van der Waals surface area contributed by atoms with Gasteiger partial charge < -0.3 is 11.1 Å². The summed E-state index contributed by atoms with van der Waals surface area (Å²) in [6.07, 6.45) is 0. The van der Waals surface area contributed by atoms with Crippen LogP contribution >= 0.6 is 0 Å². The number of hydrogen-bond donors (Lipinski definition) is 2. The predicted octanol–water partition coefficient (Wildman–Crippen LogP) is 3.37. The van der Waals surface area contributed by atoms with E-state index in [2.05, 4.69) is 24.4 Å². The van der Waals surface area contributed by atoms with Crippen molar-refractivity contribution in [3.8, 4) is 11.1 Å². The van der Waals surface area contributed by atoms with Crippen molar-refractivity contribution in [2.75, 3.05) is 17.6 Å². The third-order valence-electron chi connectivity index (χ3n) is 2.55. The lowest BCUT2D eigenvalue weighted by atomic mass is 10.0. The number of anilines is 2. The topological polar surface area (TPSA) is 38.0 Å². The third-order valence-corrected chi connectivity index (χ3v) is 2.55. The number of nitrogens with two attached hydrogens (primary N) is 1. The fourth-order valence-electron chi connectivity index (χ4n) is 1.80. The van der Waals surface area contributed by atoms with E-state index in [4.69, 9.17) is 5.73 Å². The number of rotatable bonds is 3. The van der Waals surface area contributed by atoms with Gasteiger partial charge in [-0.15, -0.1) is 0 Å². The molecule has 16 heavy (non-hydrogen) atoms. The lowest BCUT2D eigenvalue weighted by molar-refractivity contribution is 1.21. The molecule has 0 aliphatic heterocycles. The van der Waals surface area contributed by atoms with Crippen LogP contribution in [0.1, 0.15) is 6.92 Å². The van der Waals surface area contributed by atoms with Crippen molar-refractivity contribution < 1.29 is 0 Å². The van der Waals surface area contributed by atoms with Crippen LogP contribution in [0.15, 0.2) is 48.5 Å². The highest BCUT2D eigenvalue weighted by Crippen LogP contribution is 2.31. The zero-order chi connectivity index (χ0) is 11.4. The van der Waals surface area contributed by atoms with E-state index >= 15 is 0 Å². The molecule has 0 spiro atoms. The minimum Gasteiger partial charge on any atom is -0.398 e. The van der Waals surface area contributed by atoms with Gasteiger partial charge in [-0.05, 0) is 19.1 Å². The SMILES string of the molecule is CCNc1ccccc1-c1ccccc1N. The Hall–Kier alpha value is -1.96. The minimum atomic E-state index is 0.813. The van der Waals surface area contributed by atoms with Crippen LogP contribution in [0.25, 0.3) is 11.1 Å². The molecule has 0 aliphatic carbocycles. The molecule has 2 aromatic rings. The Bertz CT molecular complexity index is 478. The number of para-hydroxylation sites is 2. The van der Waals surface area contributed by atoms with Gasteiger partial charge in [-0.25, -0.2) is 0 Å². The van der Waals surface area contributed by atoms with Gasteiger partial charge in [0.15, 0.2) is 0 Å². The van der Waals surface area contributed by atoms with E-state index in [0.29, 0.717) is 0 Å². The van der Waals surface area contributed by atoms with Crippen LogP contribution in [0.5, 0.6) is 0 Å². The Morgan fingerprint density at radius 1 is 0.938 bits per heavy atom. The van der Waals surface area contributed by atoms with Crippen molar-refractivity contribution in [3.05, 3.63) is 48.5 Å². The average molecular weight is 212 g/mol. The summed E-state index contributed by atoms with van der Waals surface area (Å²) in [7, 11) is 0. The van der Waals surface area contributed by atoms with Crippen molar-refractivity contribution in [3.63, 3.8) is 0 Å². The van der Waals surface area contributed by atoms with Crippen molar-refractivity contribution in [1.29, 1.82) is 0 Å². The van der Waals surface area contributed by atoms with E-state index in [1.54, 1.807) is 0 Å². The van der Waals surface area contributed by atoms with Gasteiger partial charge in [-0.3, -0.25) is 0 Å². The van der Waals surface area contributed by atoms with Gasteiger partial charge in [0.25, 0.3) is 0 Å². The Morgan fingerprint density at radius 2 is 1.56 bits per heavy atom. The molecule has 0 radical (unpaired) electrons. The summed E-state index contributed by atoms with van der Waals surface area (Å²) in [5, 5.41) is 3.35. The molecule has 0 fully saturated rings. The Labute approximate surface area is 96.1 Å². The molecule has 0 heterocycles. The first-order valence-corrected chi connectivity index (χ1v) is 5.50. The zero-order valence-corrected chi connectivity index (χ0v) is 9.40. The summed E-state index contributed by atoms with van der Waals surface area (Å²) in [5.74, 6) is 0. The second kappa shape index (κ2) is 4.71. The first-order valence-electron chi connectivity index (χ1n) is 5.50. The van der Waals surface area contributed by atoms with Crippen LogP contribution in [-0.4, -0.2) is 6.54 Å². The molecule has 2 rings (SSSR count). The predicted molar refractivity (Wildman–Crippen MR) is 70.5 cm³/mol. The highest BCUT2D eigenvalue weighted by Gasteiger charge is 2.05. The molecule has 0 unspecified atom stereocenters. The number of nitrogen functional groups attached to an aromatic ring is 1. The molecule has 0 aromatic heterocycles. The third kappa shape index (κ3) is 2.01. The van der Waals surface area contributed by atoms with Gasteiger partial charge in [0.05, 0.1) is 0 Å². The minimum absolute atomic E-state index is 0.813. The molecule has 3 N–H and O–H groups in total. The van der Waals surface area contributed by atoms with Crippen LogP contribution in [0.4, 0.5) is 11.4 Å². The molecular formula is C14H16N2. The Morgan fingerprint density at radius 3 is 2.25 bits per heavy atom. The summed E-state index contributed by atoms with van der Waals surface area (Å²) in [6.45, 7) is 2.99. The van der Waals surface area contributed by atoms with Gasteiger partial charge in [0.2, 0.25) is 0 Å². The van der Waals surface area contributed by atoms with Crippen LogP contribution in [0, 0.1) is 0 Å². The zero-order valence-electron chi connectivity index (χ0n) is 9.40. The molecule has 2 heteroatoms. The second-order valence-electron chi connectivity index (χ2n) is 3.66. The van der Waals surface area contributed by atoms with E-state index in [-0.39, 0.29) is 0 Å². The molecule has 0 aliphatic rings. The average Bonchev–Trinajstić information content (AvgIpc) is 2.31. The van der Waals surface area contributed by atoms with Crippen LogP contribution in [0.2, 0.25) is 0 Å². The van der Waals surface area contributed by atoms with Crippen LogP contribution in [-0.2, 0) is 0 Å². The van der Waals surface area contributed by atoms with E-state index in [1.807, 2.05) is 36.4 Å². The maximum atomic E-state index is 5.99. The number of nitrogens with one attached hydrogen (secondary N) is 1. The van der Waals surface area contributed by atoms with Gasteiger partial charge >= 0.3 is 0 Å². The van der Waals surface area contributed by atoms with Crippen molar-refractivity contribution in [2.45, 2.75) is 6.92 Å². The van der Waals surface area contributed by atoms with Crippen LogP contribution < -0.4 is 11.1 Å². The Balaban J connectivity index is 2.51. The van der Waals surface area contributed by atoms with Gasteiger partial charge in [0.1, 0.15) is 0 Å². The van der Waals surface area contributed by atoms with Gasteiger partial charge in [-0.1, -0.05) is 36.4 Å². The maximum Gasteiger partial charge on any atom is 0.0420 e. The molecule has 82 valence electrons. The molecule has 0 amide bonds. The van der Waals surface area contributed by atoms with E-state index in [9.17, 15) is 0 Å². The maximum absolute atomic E-state index is 5.99. The molecule has 2 nitrogen and oxygen atoms in total. The molecular weight excluding hydrogens is 196 g/mol. The van der Waals surface area contributed by atoms with Crippen molar-refractivity contribution in [2.24, 2.45) is 0 Å². The smallest absolute Gasteiger partial charge is 0.0420 e. The standard InChI is InChI=1S/C14H16N2/c1-2-16-14-10-6-4-8-12(14)11-7-3-5-9-13(11)15/h3-10,16H,2,15H2,1H3. The summed E-state index contributed by atoms with van der Waals surface area (Å²) in [4.78, 5) is 0. The highest BCUT2D eigenvalue weighted by molar-refractivity contribution is 5.84. The molecule has 0 bridgehead atoms. The van der Waals surface area contributed by atoms with Crippen molar-refractivity contribution in [1.82, 2.24) is 0 Å². The van der Waals surface area contributed by atoms with Gasteiger partial charge in [-0.2, -0.15) is 0 Å². The fraction of sp³-hybridized carbons (Fsp3) is 0.143. The normalized spacial score (nSPS) is 10.1. The summed E-state index contributed by atoms with van der Waals surface area (Å²) < 4.78 is 0. The fourth-order valence-corrected chi connectivity index (χ4v) is 1.80. The number of hydrogen-bond acceptors (Lipinski definition) is 2. The monoisotopic (exact) mass is 212 g/mol. The molecule has 0 saturated carbocycles. The molecule has 0 atom stereocenters. The Kier molecular flexibility index (Phi) is 3.10. The van der Waals surface area contributed by atoms with Gasteiger partial charge in [0, 0.05) is 29.0 Å². The second-order valence-corrected chi connectivity index (χ2v) is 3.66. The first kappa shape index (κ1) is 10.6. The van der Waals surface area contributed by atoms with E-state index < -0.39 is 0 Å². The van der Waals surface area contributed by atoms with E-state index in [1.165, 1.54) is 0 Å². The molecule has 0 saturated heterocycles. The number of benzene rings is 2. The highest BCUT2D eigenvalue weighted by atomic mass is 14.9. The van der Waals surface area contributed by atoms with Crippen LogP contribution in [0.3, 0.4) is 0 Å². The summed E-state index contributed by atoms with van der Waals surface area (Å²) in [6, 6.07) is 16.2. The van der Waals surface area contributed by atoms with Crippen molar-refractivity contribution >= 4 is 11.4 Å². The quantitative estimate of drug-likeness (QED) is 0.765. The summed E-state index contributed by atoms with van der Waals surface area (Å²) >= 11 is 0. The summed E-state index contributed by atoms with van der Waals surface area (Å²) in [5.41, 5.74) is 10.2. The molecule has 2 aromatic carbocycles. The lowest BCUT2D eigenvalue weighted by Gasteiger charge is -2.12. The lowest BCUT2D eigenvalue weighted by Crippen LogP contribution is -1.99. The van der Waals surface area contributed by atoms with E-state index in [0.717, 1.165) is 29.0 Å².